The number of hydrogen-bond acceptors (Lipinski definition) is 1. The number of nitrogens with one attached hydrogen (secondary N) is 1. The number of H-pyrrole nitrogens is 1. The number of alkyl halides is 3. The molecule has 0 fully saturated rings. The van der Waals surface area contributed by atoms with E-state index in [-0.39, 0.29) is 0 Å². The Kier molecular flexibility index (Phi) is 4.04. The number of hydrogen-bond donors (Lipinski definition) is 1. The fraction of sp³-hybridized carbons (Fsp3) is 0.357. The van der Waals surface area contributed by atoms with Crippen molar-refractivity contribution in [3.8, 4) is 5.69 Å². The molecule has 0 radical (unpaired) electrons. The zero-order chi connectivity index (χ0) is 14.9. The number of aromatic nitrogens is 2. The lowest BCUT2D eigenvalue weighted by molar-refractivity contribution is -0.137. The van der Waals surface area contributed by atoms with E-state index in [1.807, 2.05) is 6.07 Å². The Morgan fingerprint density at radius 2 is 1.80 bits per heavy atom. The number of halogens is 3. The molecule has 0 spiro atoms. The molecular formula is C14H15F3N2S. The molecule has 1 aromatic heterocycles. The van der Waals surface area contributed by atoms with E-state index in [2.05, 4.69) is 18.9 Å². The number of rotatable bonds is 3. The van der Waals surface area contributed by atoms with Crippen molar-refractivity contribution >= 4 is 12.2 Å². The van der Waals surface area contributed by atoms with E-state index in [1.54, 1.807) is 4.68 Å². The van der Waals surface area contributed by atoms with Gasteiger partial charge in [-0.25, -0.2) is 4.68 Å². The van der Waals surface area contributed by atoms with Crippen molar-refractivity contribution in [3.63, 3.8) is 0 Å². The van der Waals surface area contributed by atoms with Gasteiger partial charge in [0.25, 0.3) is 0 Å². The van der Waals surface area contributed by atoms with E-state index in [9.17, 15) is 13.2 Å². The van der Waals surface area contributed by atoms with Crippen LogP contribution in [0.3, 0.4) is 0 Å². The summed E-state index contributed by atoms with van der Waals surface area (Å²) in [5, 5.41) is 3.12. The summed E-state index contributed by atoms with van der Waals surface area (Å²) in [6, 6.07) is 6.77. The SMILES string of the molecule is CC(C)Cc1cc(=S)n(-c2ccc(C(F)(F)F)cc2)[nH]1. The van der Waals surface area contributed by atoms with Crippen LogP contribution in [-0.2, 0) is 12.6 Å². The van der Waals surface area contributed by atoms with Crippen molar-refractivity contribution < 1.29 is 13.2 Å². The van der Waals surface area contributed by atoms with E-state index >= 15 is 0 Å². The summed E-state index contributed by atoms with van der Waals surface area (Å²) in [5.74, 6) is 0.476. The molecule has 2 rings (SSSR count). The second-order valence-corrected chi connectivity index (χ2v) is 5.52. The lowest BCUT2D eigenvalue weighted by Gasteiger charge is -2.08. The summed E-state index contributed by atoms with van der Waals surface area (Å²) in [6.07, 6.45) is -3.48. The molecule has 0 aliphatic heterocycles. The van der Waals surface area contributed by atoms with Crippen molar-refractivity contribution in [2.45, 2.75) is 26.4 Å². The highest BCUT2D eigenvalue weighted by atomic mass is 32.1. The Morgan fingerprint density at radius 1 is 1.20 bits per heavy atom. The predicted molar refractivity (Wildman–Crippen MR) is 74.5 cm³/mol. The van der Waals surface area contributed by atoms with Crippen LogP contribution >= 0.6 is 12.2 Å². The summed E-state index contributed by atoms with van der Waals surface area (Å²) >= 11 is 5.22. The quantitative estimate of drug-likeness (QED) is 0.811. The van der Waals surface area contributed by atoms with Crippen LogP contribution in [-0.4, -0.2) is 9.78 Å². The summed E-state index contributed by atoms with van der Waals surface area (Å²) in [6.45, 7) is 4.18. The van der Waals surface area contributed by atoms with Gasteiger partial charge in [0.15, 0.2) is 0 Å². The molecule has 2 nitrogen and oxygen atoms in total. The zero-order valence-electron chi connectivity index (χ0n) is 11.2. The number of benzene rings is 1. The van der Waals surface area contributed by atoms with Crippen molar-refractivity contribution in [2.24, 2.45) is 5.92 Å². The van der Waals surface area contributed by atoms with Crippen molar-refractivity contribution in [1.29, 1.82) is 0 Å². The van der Waals surface area contributed by atoms with Gasteiger partial charge in [-0.1, -0.05) is 26.1 Å². The lowest BCUT2D eigenvalue weighted by Crippen LogP contribution is -2.05. The maximum absolute atomic E-state index is 12.5. The molecule has 0 unspecified atom stereocenters. The van der Waals surface area contributed by atoms with Crippen molar-refractivity contribution in [3.05, 3.63) is 46.2 Å². The van der Waals surface area contributed by atoms with Crippen LogP contribution in [0.4, 0.5) is 13.2 Å². The molecule has 20 heavy (non-hydrogen) atoms. The average Bonchev–Trinajstić information content (AvgIpc) is 2.68. The third kappa shape index (κ3) is 3.30. The van der Waals surface area contributed by atoms with Gasteiger partial charge in [-0.3, -0.25) is 5.10 Å². The third-order valence-corrected chi connectivity index (χ3v) is 3.15. The van der Waals surface area contributed by atoms with E-state index < -0.39 is 11.7 Å². The van der Waals surface area contributed by atoms with Gasteiger partial charge in [-0.05, 0) is 42.7 Å². The normalized spacial score (nSPS) is 12.1. The van der Waals surface area contributed by atoms with Crippen LogP contribution in [0, 0.1) is 10.6 Å². The van der Waals surface area contributed by atoms with Gasteiger partial charge in [0.05, 0.1) is 11.3 Å². The molecule has 0 atom stereocenters. The van der Waals surface area contributed by atoms with E-state index in [0.717, 1.165) is 24.2 Å². The first-order valence-electron chi connectivity index (χ1n) is 6.26. The predicted octanol–water partition coefficient (Wildman–Crippen LogP) is 4.75. The molecule has 1 N–H and O–H groups in total. The molecule has 2 aromatic rings. The molecule has 0 aliphatic rings. The minimum atomic E-state index is -4.32. The molecular weight excluding hydrogens is 285 g/mol. The molecule has 108 valence electrons. The lowest BCUT2D eigenvalue weighted by atomic mass is 10.1. The minimum absolute atomic E-state index is 0.476. The second-order valence-electron chi connectivity index (χ2n) is 5.10. The summed E-state index contributed by atoms with van der Waals surface area (Å²) in [5.41, 5.74) is 0.907. The van der Waals surface area contributed by atoms with Crippen LogP contribution in [0.1, 0.15) is 25.1 Å². The molecule has 0 bridgehead atoms. The van der Waals surface area contributed by atoms with Crippen LogP contribution in [0.25, 0.3) is 5.69 Å². The van der Waals surface area contributed by atoms with Gasteiger partial charge < -0.3 is 0 Å². The monoisotopic (exact) mass is 300 g/mol. The fourth-order valence-electron chi connectivity index (χ4n) is 1.98. The molecule has 0 saturated carbocycles. The highest BCUT2D eigenvalue weighted by molar-refractivity contribution is 7.71. The first kappa shape index (κ1) is 14.8. The smallest absolute Gasteiger partial charge is 0.297 e. The summed E-state index contributed by atoms with van der Waals surface area (Å²) in [4.78, 5) is 0. The summed E-state index contributed by atoms with van der Waals surface area (Å²) in [7, 11) is 0. The zero-order valence-corrected chi connectivity index (χ0v) is 12.0. The molecule has 0 amide bonds. The highest BCUT2D eigenvalue weighted by Gasteiger charge is 2.30. The Balaban J connectivity index is 2.32. The molecule has 0 aliphatic carbocycles. The van der Waals surface area contributed by atoms with Crippen LogP contribution in [0.5, 0.6) is 0 Å². The molecule has 1 aromatic carbocycles. The van der Waals surface area contributed by atoms with Gasteiger partial charge in [-0.15, -0.1) is 0 Å². The highest BCUT2D eigenvalue weighted by Crippen LogP contribution is 2.29. The average molecular weight is 300 g/mol. The van der Waals surface area contributed by atoms with Gasteiger partial charge in [0.1, 0.15) is 4.64 Å². The Morgan fingerprint density at radius 3 is 2.30 bits per heavy atom. The Hall–Kier alpha value is -1.56. The van der Waals surface area contributed by atoms with Crippen LogP contribution in [0.15, 0.2) is 30.3 Å². The first-order chi connectivity index (χ1) is 9.27. The topological polar surface area (TPSA) is 20.7 Å². The van der Waals surface area contributed by atoms with Gasteiger partial charge >= 0.3 is 6.18 Å². The maximum Gasteiger partial charge on any atom is 0.416 e. The maximum atomic E-state index is 12.5. The molecule has 1 heterocycles. The molecule has 6 heteroatoms. The Bertz CT molecular complexity index is 636. The van der Waals surface area contributed by atoms with E-state index in [0.29, 0.717) is 16.2 Å². The minimum Gasteiger partial charge on any atom is -0.297 e. The van der Waals surface area contributed by atoms with Crippen LogP contribution in [0.2, 0.25) is 0 Å². The Labute approximate surface area is 120 Å². The standard InChI is InChI=1S/C14H15F3N2S/c1-9(2)7-11-8-13(20)19(18-11)12-5-3-10(4-6-12)14(15,16)17/h3-6,8-9,18H,7H2,1-2H3. The number of aromatic amines is 1. The van der Waals surface area contributed by atoms with E-state index in [1.165, 1.54) is 12.1 Å². The third-order valence-electron chi connectivity index (χ3n) is 2.85. The first-order valence-corrected chi connectivity index (χ1v) is 6.67. The largest absolute Gasteiger partial charge is 0.416 e. The second kappa shape index (κ2) is 5.44. The van der Waals surface area contributed by atoms with Gasteiger partial charge in [0.2, 0.25) is 0 Å². The van der Waals surface area contributed by atoms with Gasteiger partial charge in [-0.2, -0.15) is 13.2 Å². The molecule has 0 saturated heterocycles. The van der Waals surface area contributed by atoms with Crippen molar-refractivity contribution in [2.75, 3.05) is 0 Å². The summed E-state index contributed by atoms with van der Waals surface area (Å²) < 4.78 is 39.7. The van der Waals surface area contributed by atoms with Crippen molar-refractivity contribution in [1.82, 2.24) is 9.78 Å². The van der Waals surface area contributed by atoms with Crippen LogP contribution < -0.4 is 0 Å². The van der Waals surface area contributed by atoms with E-state index in [4.69, 9.17) is 12.2 Å². The fourth-order valence-corrected chi connectivity index (χ4v) is 2.27. The number of nitrogens with zero attached hydrogens (tertiary/aromatic N) is 1. The van der Waals surface area contributed by atoms with Gasteiger partial charge in [0, 0.05) is 5.69 Å².